The average molecular weight is 275 g/mol. The zero-order valence-electron chi connectivity index (χ0n) is 12.0. The van der Waals surface area contributed by atoms with Crippen molar-refractivity contribution in [2.45, 2.75) is 25.4 Å². The van der Waals surface area contributed by atoms with Gasteiger partial charge >= 0.3 is 6.03 Å². The number of carbonyl (C=O) groups excluding carboxylic acids is 1. The largest absolute Gasteiger partial charge is 0.497 e. The van der Waals surface area contributed by atoms with Gasteiger partial charge in [0.1, 0.15) is 5.75 Å². The molecule has 2 amide bonds. The van der Waals surface area contributed by atoms with Crippen molar-refractivity contribution in [3.63, 3.8) is 0 Å². The quantitative estimate of drug-likeness (QED) is 0.917. The fourth-order valence-electron chi connectivity index (χ4n) is 3.15. The number of anilines is 1. The van der Waals surface area contributed by atoms with Crippen LogP contribution in [0.4, 0.5) is 10.5 Å². The van der Waals surface area contributed by atoms with Crippen LogP contribution in [0.15, 0.2) is 24.3 Å². The van der Waals surface area contributed by atoms with Gasteiger partial charge in [0, 0.05) is 30.9 Å². The predicted molar refractivity (Wildman–Crippen MR) is 78.2 cm³/mol. The highest BCUT2D eigenvalue weighted by molar-refractivity contribution is 5.90. The third kappa shape index (κ3) is 2.33. The topological polar surface area (TPSA) is 44.8 Å². The van der Waals surface area contributed by atoms with E-state index in [2.05, 4.69) is 17.1 Å². The minimum atomic E-state index is 0.0205. The molecule has 4 rings (SSSR count). The summed E-state index contributed by atoms with van der Waals surface area (Å²) < 4.78 is 5.11. The molecule has 5 heteroatoms. The molecule has 1 aromatic carbocycles. The first-order valence-corrected chi connectivity index (χ1v) is 7.17. The number of benzene rings is 1. The lowest BCUT2D eigenvalue weighted by Crippen LogP contribution is -2.70. The molecule has 1 aromatic rings. The van der Waals surface area contributed by atoms with Crippen LogP contribution < -0.4 is 10.1 Å². The third-order valence-corrected chi connectivity index (χ3v) is 4.29. The molecule has 0 saturated carbocycles. The van der Waals surface area contributed by atoms with E-state index in [0.29, 0.717) is 12.1 Å². The molecule has 3 saturated heterocycles. The molecule has 0 spiro atoms. The lowest BCUT2D eigenvalue weighted by molar-refractivity contribution is -0.0300. The predicted octanol–water partition coefficient (Wildman–Crippen LogP) is 2.01. The van der Waals surface area contributed by atoms with Gasteiger partial charge in [-0.1, -0.05) is 6.92 Å². The molecule has 0 radical (unpaired) electrons. The summed E-state index contributed by atoms with van der Waals surface area (Å²) in [5, 5.41) is 2.97. The Hall–Kier alpha value is -1.75. The summed E-state index contributed by atoms with van der Waals surface area (Å²) in [4.78, 5) is 16.7. The van der Waals surface area contributed by atoms with Crippen LogP contribution in [0.1, 0.15) is 13.3 Å². The van der Waals surface area contributed by atoms with Gasteiger partial charge in [-0.2, -0.15) is 0 Å². The Labute approximate surface area is 119 Å². The number of fused-ring (bicyclic) bond motifs is 2. The van der Waals surface area contributed by atoms with Crippen LogP contribution in [0.2, 0.25) is 0 Å². The Morgan fingerprint density at radius 1 is 1.30 bits per heavy atom. The molecule has 3 aliphatic rings. The van der Waals surface area contributed by atoms with E-state index in [4.69, 9.17) is 4.74 Å². The second-order valence-corrected chi connectivity index (χ2v) is 5.46. The molecule has 0 aliphatic carbocycles. The van der Waals surface area contributed by atoms with Gasteiger partial charge in [0.05, 0.1) is 7.11 Å². The number of ether oxygens (including phenoxy) is 1. The summed E-state index contributed by atoms with van der Waals surface area (Å²) in [5.74, 6) is 0.794. The van der Waals surface area contributed by atoms with Crippen molar-refractivity contribution in [1.29, 1.82) is 0 Å². The van der Waals surface area contributed by atoms with Crippen LogP contribution in [-0.2, 0) is 0 Å². The molecular weight excluding hydrogens is 254 g/mol. The Bertz CT molecular complexity index is 476. The highest BCUT2D eigenvalue weighted by Crippen LogP contribution is 2.32. The smallest absolute Gasteiger partial charge is 0.322 e. The number of amides is 2. The number of urea groups is 1. The summed E-state index contributed by atoms with van der Waals surface area (Å²) in [5.41, 5.74) is 0.813. The number of methoxy groups -OCH3 is 1. The number of rotatable bonds is 3. The normalized spacial score (nSPS) is 25.0. The van der Waals surface area contributed by atoms with E-state index < -0.39 is 0 Å². The van der Waals surface area contributed by atoms with Gasteiger partial charge in [0.15, 0.2) is 0 Å². The van der Waals surface area contributed by atoms with Crippen LogP contribution in [0.25, 0.3) is 0 Å². The highest BCUT2D eigenvalue weighted by atomic mass is 16.5. The highest BCUT2D eigenvalue weighted by Gasteiger charge is 2.46. The molecule has 2 bridgehead atoms. The average Bonchev–Trinajstić information content (AvgIpc) is 2.47. The number of nitrogens with one attached hydrogen (secondary N) is 1. The van der Waals surface area contributed by atoms with E-state index in [1.54, 1.807) is 7.11 Å². The minimum absolute atomic E-state index is 0.0205. The molecule has 3 fully saturated rings. The molecular formula is C15H21N3O2. The van der Waals surface area contributed by atoms with Gasteiger partial charge in [-0.3, -0.25) is 4.90 Å². The van der Waals surface area contributed by atoms with Crippen LogP contribution in [-0.4, -0.2) is 54.7 Å². The number of nitrogens with zero attached hydrogens (tertiary/aromatic N) is 2. The lowest BCUT2D eigenvalue weighted by atomic mass is 9.88. The fraction of sp³-hybridized carbons (Fsp3) is 0.533. The summed E-state index contributed by atoms with van der Waals surface area (Å²) >= 11 is 0. The van der Waals surface area contributed by atoms with Gasteiger partial charge in [0.2, 0.25) is 0 Å². The number of carbonyl (C=O) groups is 1. The van der Waals surface area contributed by atoms with E-state index in [0.717, 1.165) is 37.5 Å². The maximum atomic E-state index is 12.3. The van der Waals surface area contributed by atoms with E-state index >= 15 is 0 Å². The van der Waals surface area contributed by atoms with E-state index in [-0.39, 0.29) is 6.03 Å². The third-order valence-electron chi connectivity index (χ3n) is 4.29. The monoisotopic (exact) mass is 275 g/mol. The first-order chi connectivity index (χ1) is 9.71. The van der Waals surface area contributed by atoms with Gasteiger partial charge in [-0.15, -0.1) is 0 Å². The zero-order chi connectivity index (χ0) is 14.1. The Kier molecular flexibility index (Phi) is 3.53. The Balaban J connectivity index is 1.60. The second kappa shape index (κ2) is 5.32. The first kappa shape index (κ1) is 13.2. The second-order valence-electron chi connectivity index (χ2n) is 5.46. The van der Waals surface area contributed by atoms with Crippen LogP contribution in [0.5, 0.6) is 5.75 Å². The van der Waals surface area contributed by atoms with Crippen LogP contribution in [0, 0.1) is 0 Å². The molecule has 5 nitrogen and oxygen atoms in total. The molecule has 20 heavy (non-hydrogen) atoms. The van der Waals surface area contributed by atoms with Crippen molar-refractivity contribution in [2.75, 3.05) is 32.1 Å². The number of hydrogen-bond acceptors (Lipinski definition) is 3. The zero-order valence-corrected chi connectivity index (χ0v) is 12.0. The van der Waals surface area contributed by atoms with E-state index in [1.165, 1.54) is 0 Å². The van der Waals surface area contributed by atoms with Crippen molar-refractivity contribution in [3.8, 4) is 5.75 Å². The summed E-state index contributed by atoms with van der Waals surface area (Å²) in [6.07, 6.45) is 1.15. The maximum absolute atomic E-state index is 12.3. The van der Waals surface area contributed by atoms with Crippen molar-refractivity contribution < 1.29 is 9.53 Å². The van der Waals surface area contributed by atoms with Crippen molar-refractivity contribution in [1.82, 2.24) is 9.80 Å². The Morgan fingerprint density at radius 3 is 2.50 bits per heavy atom. The standard InChI is InChI=1S/C15H21N3O2/c1-3-17-9-12-8-13(10-17)18(12)15(19)16-11-4-6-14(20-2)7-5-11/h4-7,12-13H,3,8-10H2,1-2H3,(H,16,19). The van der Waals surface area contributed by atoms with Crippen molar-refractivity contribution >= 4 is 11.7 Å². The maximum Gasteiger partial charge on any atom is 0.322 e. The lowest BCUT2D eigenvalue weighted by Gasteiger charge is -2.56. The molecule has 108 valence electrons. The van der Waals surface area contributed by atoms with Gasteiger partial charge in [-0.05, 0) is 37.2 Å². The van der Waals surface area contributed by atoms with Crippen LogP contribution >= 0.6 is 0 Å². The number of likely N-dealkylation sites (N-methyl/N-ethyl adjacent to an activating group) is 1. The van der Waals surface area contributed by atoms with Gasteiger partial charge in [0.25, 0.3) is 0 Å². The number of piperidine rings is 1. The van der Waals surface area contributed by atoms with Crippen LogP contribution in [0.3, 0.4) is 0 Å². The van der Waals surface area contributed by atoms with Gasteiger partial charge < -0.3 is 15.0 Å². The van der Waals surface area contributed by atoms with Crippen molar-refractivity contribution in [2.24, 2.45) is 0 Å². The number of piperazine rings is 1. The molecule has 3 aliphatic heterocycles. The molecule has 2 unspecified atom stereocenters. The van der Waals surface area contributed by atoms with Gasteiger partial charge in [-0.25, -0.2) is 4.79 Å². The molecule has 3 heterocycles. The van der Waals surface area contributed by atoms with E-state index in [9.17, 15) is 4.79 Å². The number of hydrogen-bond donors (Lipinski definition) is 1. The molecule has 2 atom stereocenters. The molecule has 0 aromatic heterocycles. The first-order valence-electron chi connectivity index (χ1n) is 7.17. The fourth-order valence-corrected chi connectivity index (χ4v) is 3.15. The Morgan fingerprint density at radius 2 is 1.95 bits per heavy atom. The SMILES string of the molecule is CCN1CC2CC(C1)N2C(=O)Nc1ccc(OC)cc1. The van der Waals surface area contributed by atoms with Crippen molar-refractivity contribution in [3.05, 3.63) is 24.3 Å². The summed E-state index contributed by atoms with van der Waals surface area (Å²) in [6, 6.07) is 8.22. The summed E-state index contributed by atoms with van der Waals surface area (Å²) in [6.45, 7) is 5.25. The summed E-state index contributed by atoms with van der Waals surface area (Å²) in [7, 11) is 1.63. The molecule has 1 N–H and O–H groups in total. The minimum Gasteiger partial charge on any atom is -0.497 e. The van der Waals surface area contributed by atoms with E-state index in [1.807, 2.05) is 29.2 Å².